The quantitative estimate of drug-likeness (QED) is 0.514. The first-order chi connectivity index (χ1) is 14.3. The van der Waals surface area contributed by atoms with Crippen LogP contribution in [-0.4, -0.2) is 62.7 Å². The average Bonchev–Trinajstić information content (AvgIpc) is 3.00. The Kier molecular flexibility index (Phi) is 8.33. The molecule has 3 rings (SSSR count). The predicted molar refractivity (Wildman–Crippen MR) is 115 cm³/mol. The minimum Gasteiger partial charge on any atom is -0.481 e. The van der Waals surface area contributed by atoms with Gasteiger partial charge in [0, 0.05) is 24.5 Å². The normalized spacial score (nSPS) is 37.4. The first-order valence-electron chi connectivity index (χ1n) is 12.0. The molecule has 0 aromatic carbocycles. The lowest BCUT2D eigenvalue weighted by atomic mass is 9.68. The molecule has 172 valence electrons. The van der Waals surface area contributed by atoms with Crippen molar-refractivity contribution in [2.45, 2.75) is 115 Å². The van der Waals surface area contributed by atoms with E-state index in [0.717, 1.165) is 12.8 Å². The second-order valence-corrected chi connectivity index (χ2v) is 10.1. The van der Waals surface area contributed by atoms with E-state index in [4.69, 9.17) is 5.11 Å². The number of carboxylic acids is 1. The number of carbonyl (C=O) groups is 1. The standard InChI is InChI=1S/C24H40FNO4/c1-15(2)26-21-6-4-3-5-20(21)24(16-7-9-17(25)10-8-16)22(26)12-11-18(27)13-19(28)14-23(29)30/h11-12,15-22,24,27-28H,3-10,13-14H2,1-2H3,(H,29,30)/b12-11+/t16?,17?,18-,19-,20?,21?,22?,24?/m0/s1. The van der Waals surface area contributed by atoms with Crippen molar-refractivity contribution >= 4 is 5.97 Å². The van der Waals surface area contributed by atoms with Crippen molar-refractivity contribution in [1.29, 1.82) is 0 Å². The molecule has 2 aliphatic carbocycles. The summed E-state index contributed by atoms with van der Waals surface area (Å²) in [5.74, 6) is 0.577. The highest BCUT2D eigenvalue weighted by Gasteiger charge is 2.51. The molecule has 30 heavy (non-hydrogen) atoms. The van der Waals surface area contributed by atoms with Gasteiger partial charge in [0.25, 0.3) is 0 Å². The highest BCUT2D eigenvalue weighted by atomic mass is 19.1. The van der Waals surface area contributed by atoms with Crippen LogP contribution in [0.4, 0.5) is 4.39 Å². The minimum absolute atomic E-state index is 0.0294. The van der Waals surface area contributed by atoms with Gasteiger partial charge < -0.3 is 15.3 Å². The van der Waals surface area contributed by atoms with Crippen molar-refractivity contribution in [1.82, 2.24) is 4.90 Å². The van der Waals surface area contributed by atoms with Gasteiger partial charge in [-0.25, -0.2) is 4.39 Å². The fraction of sp³-hybridized carbons (Fsp3) is 0.875. The van der Waals surface area contributed by atoms with Crippen LogP contribution in [0.5, 0.6) is 0 Å². The van der Waals surface area contributed by atoms with Crippen molar-refractivity contribution in [2.24, 2.45) is 17.8 Å². The van der Waals surface area contributed by atoms with Crippen molar-refractivity contribution in [3.63, 3.8) is 0 Å². The summed E-state index contributed by atoms with van der Waals surface area (Å²) < 4.78 is 13.8. The Morgan fingerprint density at radius 3 is 2.40 bits per heavy atom. The van der Waals surface area contributed by atoms with Crippen molar-refractivity contribution < 1.29 is 24.5 Å². The van der Waals surface area contributed by atoms with Gasteiger partial charge in [-0.2, -0.15) is 0 Å². The fourth-order valence-electron chi connectivity index (χ4n) is 6.56. The van der Waals surface area contributed by atoms with Gasteiger partial charge in [0.2, 0.25) is 0 Å². The topological polar surface area (TPSA) is 81.0 Å². The number of nitrogens with zero attached hydrogens (tertiary/aromatic N) is 1. The molecular weight excluding hydrogens is 385 g/mol. The molecule has 1 saturated heterocycles. The summed E-state index contributed by atoms with van der Waals surface area (Å²) in [6, 6.07) is 1.16. The van der Waals surface area contributed by atoms with Crippen molar-refractivity contribution in [3.05, 3.63) is 12.2 Å². The Labute approximate surface area is 180 Å². The van der Waals surface area contributed by atoms with Gasteiger partial charge in [-0.1, -0.05) is 25.0 Å². The molecule has 0 aromatic heterocycles. The Hall–Kier alpha value is -0.980. The van der Waals surface area contributed by atoms with E-state index >= 15 is 0 Å². The third-order valence-corrected chi connectivity index (χ3v) is 7.69. The van der Waals surface area contributed by atoms with E-state index in [1.165, 1.54) is 25.7 Å². The number of alkyl halides is 1. The maximum atomic E-state index is 13.8. The van der Waals surface area contributed by atoms with Crippen molar-refractivity contribution in [2.75, 3.05) is 0 Å². The zero-order valence-electron chi connectivity index (χ0n) is 18.5. The van der Waals surface area contributed by atoms with Gasteiger partial charge in [-0.05, 0) is 70.1 Å². The molecule has 0 aromatic rings. The number of aliphatic hydroxyl groups excluding tert-OH is 2. The molecule has 0 spiro atoms. The molecule has 0 radical (unpaired) electrons. The monoisotopic (exact) mass is 425 g/mol. The van der Waals surface area contributed by atoms with Gasteiger partial charge in [0.05, 0.1) is 18.6 Å². The van der Waals surface area contributed by atoms with Gasteiger partial charge in [0.1, 0.15) is 6.17 Å². The minimum atomic E-state index is -1.06. The lowest BCUT2D eigenvalue weighted by Gasteiger charge is -2.37. The third-order valence-electron chi connectivity index (χ3n) is 7.69. The van der Waals surface area contributed by atoms with Crippen LogP contribution >= 0.6 is 0 Å². The first kappa shape index (κ1) is 23.7. The number of halogens is 1. The SMILES string of the molecule is CC(C)N1C(/C=C/[C@H](O)C[C@H](O)CC(=O)O)C(C2CCC(F)CC2)C2CCCCC21. The van der Waals surface area contributed by atoms with E-state index < -0.39 is 24.3 Å². The zero-order valence-corrected chi connectivity index (χ0v) is 18.5. The summed E-state index contributed by atoms with van der Waals surface area (Å²) in [7, 11) is 0. The van der Waals surface area contributed by atoms with Crippen LogP contribution in [0.25, 0.3) is 0 Å². The van der Waals surface area contributed by atoms with Crippen LogP contribution in [0, 0.1) is 17.8 Å². The molecule has 3 fully saturated rings. The lowest BCUT2D eigenvalue weighted by Crippen LogP contribution is -2.43. The first-order valence-corrected chi connectivity index (χ1v) is 12.0. The van der Waals surface area contributed by atoms with Crippen LogP contribution < -0.4 is 0 Å². The van der Waals surface area contributed by atoms with Crippen molar-refractivity contribution in [3.8, 4) is 0 Å². The molecular formula is C24H40FNO4. The maximum absolute atomic E-state index is 13.8. The number of fused-ring (bicyclic) bond motifs is 1. The highest BCUT2D eigenvalue weighted by Crippen LogP contribution is 2.51. The number of hydrogen-bond donors (Lipinski definition) is 3. The fourth-order valence-corrected chi connectivity index (χ4v) is 6.56. The van der Waals surface area contributed by atoms with E-state index in [1.54, 1.807) is 6.08 Å². The van der Waals surface area contributed by atoms with Gasteiger partial charge in [-0.3, -0.25) is 9.69 Å². The van der Waals surface area contributed by atoms with E-state index in [-0.39, 0.29) is 18.9 Å². The molecule has 2 saturated carbocycles. The van der Waals surface area contributed by atoms with Gasteiger partial charge >= 0.3 is 5.97 Å². The summed E-state index contributed by atoms with van der Waals surface area (Å²) >= 11 is 0. The number of aliphatic carboxylic acids is 1. The third kappa shape index (κ3) is 5.63. The number of aliphatic hydroxyl groups is 2. The Morgan fingerprint density at radius 1 is 1.10 bits per heavy atom. The maximum Gasteiger partial charge on any atom is 0.305 e. The molecule has 3 aliphatic rings. The van der Waals surface area contributed by atoms with Crippen LogP contribution in [0.3, 0.4) is 0 Å². The molecule has 1 aliphatic heterocycles. The second-order valence-electron chi connectivity index (χ2n) is 10.1. The molecule has 4 unspecified atom stereocenters. The Morgan fingerprint density at radius 2 is 1.77 bits per heavy atom. The number of likely N-dealkylation sites (tertiary alicyclic amines) is 1. The summed E-state index contributed by atoms with van der Waals surface area (Å²) in [6.45, 7) is 4.47. The lowest BCUT2D eigenvalue weighted by molar-refractivity contribution is -0.139. The van der Waals surface area contributed by atoms with E-state index in [1.807, 2.05) is 0 Å². The Bertz CT molecular complexity index is 590. The molecule has 5 nitrogen and oxygen atoms in total. The smallest absolute Gasteiger partial charge is 0.305 e. The van der Waals surface area contributed by atoms with E-state index in [0.29, 0.717) is 42.7 Å². The van der Waals surface area contributed by atoms with Crippen LogP contribution in [0.1, 0.15) is 78.1 Å². The van der Waals surface area contributed by atoms with Crippen LogP contribution in [0.2, 0.25) is 0 Å². The zero-order chi connectivity index (χ0) is 21.8. The summed E-state index contributed by atoms with van der Waals surface area (Å²) in [6.07, 6.45) is 9.18. The molecule has 6 atom stereocenters. The molecule has 0 amide bonds. The average molecular weight is 426 g/mol. The van der Waals surface area contributed by atoms with Gasteiger partial charge in [0.15, 0.2) is 0 Å². The molecule has 0 bridgehead atoms. The number of carboxylic acid groups (broad SMARTS) is 1. The largest absolute Gasteiger partial charge is 0.481 e. The molecule has 6 heteroatoms. The second kappa shape index (κ2) is 10.6. The molecule has 3 N–H and O–H groups in total. The summed E-state index contributed by atoms with van der Waals surface area (Å²) in [4.78, 5) is 13.4. The van der Waals surface area contributed by atoms with Crippen LogP contribution in [-0.2, 0) is 4.79 Å². The highest BCUT2D eigenvalue weighted by molar-refractivity contribution is 5.67. The number of rotatable bonds is 8. The summed E-state index contributed by atoms with van der Waals surface area (Å²) in [5.41, 5.74) is 0. The predicted octanol–water partition coefficient (Wildman–Crippen LogP) is 3.93. The van der Waals surface area contributed by atoms with E-state index in [9.17, 15) is 19.4 Å². The summed E-state index contributed by atoms with van der Waals surface area (Å²) in [5, 5.41) is 29.1. The molecule has 1 heterocycles. The number of hydrogen-bond acceptors (Lipinski definition) is 4. The van der Waals surface area contributed by atoms with Gasteiger partial charge in [-0.15, -0.1) is 0 Å². The Balaban J connectivity index is 1.78. The van der Waals surface area contributed by atoms with E-state index in [2.05, 4.69) is 24.8 Å². The van der Waals surface area contributed by atoms with Crippen LogP contribution in [0.15, 0.2) is 12.2 Å².